The molecule has 31 heavy (non-hydrogen) atoms. The zero-order chi connectivity index (χ0) is 22.8. The smallest absolute Gasteiger partial charge is 0.295 e. The van der Waals surface area contributed by atoms with Crippen molar-refractivity contribution in [3.05, 3.63) is 65.0 Å². The van der Waals surface area contributed by atoms with Crippen LogP contribution in [0.5, 0.6) is 5.75 Å². The molecule has 0 spiro atoms. The quantitative estimate of drug-likeness (QED) is 0.418. The van der Waals surface area contributed by atoms with Gasteiger partial charge in [-0.3, -0.25) is 14.6 Å². The summed E-state index contributed by atoms with van der Waals surface area (Å²) >= 11 is 0. The Bertz CT molecular complexity index is 1010. The third-order valence-electron chi connectivity index (χ3n) is 5.54. The summed E-state index contributed by atoms with van der Waals surface area (Å²) in [5, 5.41) is 11.2. The fraction of sp³-hybridized carbons (Fsp3) is 0.400. The number of likely N-dealkylation sites (tertiary alicyclic amines) is 1. The highest BCUT2D eigenvalue weighted by atomic mass is 16.5. The first-order valence-electron chi connectivity index (χ1n) is 10.6. The maximum Gasteiger partial charge on any atom is 0.295 e. The SMILES string of the molecule is CCCCN1C(=O)C(=O)/C(=C(\O)c2ccc(OC)c(C(C)(C)C)c2)C1c1ccccn1. The van der Waals surface area contributed by atoms with E-state index >= 15 is 0 Å². The lowest BCUT2D eigenvalue weighted by molar-refractivity contribution is -0.140. The number of carbonyl (C=O) groups excluding carboxylic acids is 2. The predicted molar refractivity (Wildman–Crippen MR) is 120 cm³/mol. The van der Waals surface area contributed by atoms with E-state index in [-0.39, 0.29) is 16.7 Å². The minimum Gasteiger partial charge on any atom is -0.507 e. The van der Waals surface area contributed by atoms with Crippen LogP contribution in [0.4, 0.5) is 0 Å². The molecular formula is C25H30N2O4. The van der Waals surface area contributed by atoms with E-state index in [1.54, 1.807) is 37.6 Å². The van der Waals surface area contributed by atoms with Gasteiger partial charge in [0, 0.05) is 23.9 Å². The minimum absolute atomic E-state index is 0.0739. The summed E-state index contributed by atoms with van der Waals surface area (Å²) in [7, 11) is 1.60. The summed E-state index contributed by atoms with van der Waals surface area (Å²) in [6.45, 7) is 8.59. The fourth-order valence-electron chi connectivity index (χ4n) is 3.88. The Kier molecular flexibility index (Phi) is 6.48. The molecule has 1 fully saturated rings. The monoisotopic (exact) mass is 422 g/mol. The number of aromatic nitrogens is 1. The second-order valence-electron chi connectivity index (χ2n) is 8.77. The van der Waals surface area contributed by atoms with E-state index in [0.29, 0.717) is 23.6 Å². The van der Waals surface area contributed by atoms with Gasteiger partial charge in [-0.15, -0.1) is 0 Å². The van der Waals surface area contributed by atoms with Crippen molar-refractivity contribution in [1.82, 2.24) is 9.88 Å². The van der Waals surface area contributed by atoms with Crippen LogP contribution in [0.25, 0.3) is 5.76 Å². The first-order valence-corrected chi connectivity index (χ1v) is 10.6. The van der Waals surface area contributed by atoms with Crippen LogP contribution < -0.4 is 4.74 Å². The summed E-state index contributed by atoms with van der Waals surface area (Å²) in [6.07, 6.45) is 3.26. The van der Waals surface area contributed by atoms with Gasteiger partial charge in [0.25, 0.3) is 11.7 Å². The van der Waals surface area contributed by atoms with E-state index in [2.05, 4.69) is 4.98 Å². The van der Waals surface area contributed by atoms with Gasteiger partial charge < -0.3 is 14.7 Å². The maximum absolute atomic E-state index is 13.0. The number of unbranched alkanes of at least 4 members (excludes halogenated alkanes) is 1. The van der Waals surface area contributed by atoms with Crippen LogP contribution in [0.3, 0.4) is 0 Å². The lowest BCUT2D eigenvalue weighted by Crippen LogP contribution is -2.31. The van der Waals surface area contributed by atoms with E-state index in [1.807, 2.05) is 39.8 Å². The fourth-order valence-corrected chi connectivity index (χ4v) is 3.88. The molecule has 1 atom stereocenters. The highest BCUT2D eigenvalue weighted by Gasteiger charge is 2.46. The van der Waals surface area contributed by atoms with Crippen LogP contribution >= 0.6 is 0 Å². The number of aliphatic hydroxyl groups excluding tert-OH is 1. The molecule has 6 nitrogen and oxygen atoms in total. The van der Waals surface area contributed by atoms with Crippen molar-refractivity contribution in [2.24, 2.45) is 0 Å². The Hall–Kier alpha value is -3.15. The number of methoxy groups -OCH3 is 1. The van der Waals surface area contributed by atoms with Gasteiger partial charge in [0.05, 0.1) is 18.4 Å². The molecule has 1 aliphatic heterocycles. The number of benzene rings is 1. The van der Waals surface area contributed by atoms with Crippen molar-refractivity contribution in [1.29, 1.82) is 0 Å². The Morgan fingerprint density at radius 1 is 1.19 bits per heavy atom. The number of ketones is 1. The molecule has 0 radical (unpaired) electrons. The molecule has 1 N–H and O–H groups in total. The summed E-state index contributed by atoms with van der Waals surface area (Å²) < 4.78 is 5.49. The van der Waals surface area contributed by atoms with Crippen LogP contribution in [-0.4, -0.2) is 40.3 Å². The van der Waals surface area contributed by atoms with Gasteiger partial charge in [0.2, 0.25) is 0 Å². The van der Waals surface area contributed by atoms with Crippen molar-refractivity contribution in [3.63, 3.8) is 0 Å². The number of amides is 1. The molecule has 0 saturated carbocycles. The average Bonchev–Trinajstić information content (AvgIpc) is 3.01. The van der Waals surface area contributed by atoms with Crippen molar-refractivity contribution in [2.75, 3.05) is 13.7 Å². The largest absolute Gasteiger partial charge is 0.507 e. The second kappa shape index (κ2) is 8.92. The zero-order valence-electron chi connectivity index (χ0n) is 18.8. The molecule has 1 aromatic heterocycles. The highest BCUT2D eigenvalue weighted by molar-refractivity contribution is 6.46. The molecule has 0 aliphatic carbocycles. The van der Waals surface area contributed by atoms with Crippen molar-refractivity contribution in [3.8, 4) is 5.75 Å². The van der Waals surface area contributed by atoms with Crippen LogP contribution in [-0.2, 0) is 15.0 Å². The Balaban J connectivity index is 2.19. The number of aliphatic hydroxyl groups is 1. The van der Waals surface area contributed by atoms with E-state index < -0.39 is 17.7 Å². The van der Waals surface area contributed by atoms with Crippen LogP contribution in [0.2, 0.25) is 0 Å². The third kappa shape index (κ3) is 4.33. The Morgan fingerprint density at radius 3 is 2.52 bits per heavy atom. The Labute approximate surface area is 183 Å². The zero-order valence-corrected chi connectivity index (χ0v) is 18.8. The molecule has 2 heterocycles. The molecule has 1 unspecified atom stereocenters. The van der Waals surface area contributed by atoms with Crippen molar-refractivity contribution >= 4 is 17.4 Å². The molecule has 1 aromatic carbocycles. The van der Waals surface area contributed by atoms with E-state index in [0.717, 1.165) is 18.4 Å². The van der Waals surface area contributed by atoms with E-state index in [9.17, 15) is 14.7 Å². The molecular weight excluding hydrogens is 392 g/mol. The molecule has 3 rings (SSSR count). The second-order valence-corrected chi connectivity index (χ2v) is 8.77. The number of hydrogen-bond acceptors (Lipinski definition) is 5. The summed E-state index contributed by atoms with van der Waals surface area (Å²) in [5.74, 6) is -0.775. The van der Waals surface area contributed by atoms with Gasteiger partial charge in [-0.1, -0.05) is 40.2 Å². The predicted octanol–water partition coefficient (Wildman–Crippen LogP) is 4.61. The molecule has 2 aromatic rings. The first-order chi connectivity index (χ1) is 14.7. The topological polar surface area (TPSA) is 79.7 Å². The van der Waals surface area contributed by atoms with Gasteiger partial charge in [0.15, 0.2) is 0 Å². The Morgan fingerprint density at radius 2 is 1.94 bits per heavy atom. The van der Waals surface area contributed by atoms with Crippen molar-refractivity contribution < 1.29 is 19.4 Å². The van der Waals surface area contributed by atoms with Crippen molar-refractivity contribution in [2.45, 2.75) is 52.0 Å². The molecule has 1 amide bonds. The van der Waals surface area contributed by atoms with E-state index in [4.69, 9.17) is 4.74 Å². The van der Waals surface area contributed by atoms with Crippen LogP contribution in [0.15, 0.2) is 48.2 Å². The number of Topliss-reactive ketones (excluding diaryl/α,β-unsaturated/α-hetero) is 1. The minimum atomic E-state index is -0.715. The van der Waals surface area contributed by atoms with Crippen LogP contribution in [0, 0.1) is 0 Å². The molecule has 1 aliphatic rings. The number of nitrogens with zero attached hydrogens (tertiary/aromatic N) is 2. The number of hydrogen-bond donors (Lipinski definition) is 1. The lowest BCUT2D eigenvalue weighted by Gasteiger charge is -2.25. The number of carbonyl (C=O) groups is 2. The maximum atomic E-state index is 13.0. The number of pyridine rings is 1. The van der Waals surface area contributed by atoms with E-state index in [1.165, 1.54) is 4.90 Å². The van der Waals surface area contributed by atoms with Gasteiger partial charge in [-0.25, -0.2) is 0 Å². The van der Waals surface area contributed by atoms with Gasteiger partial charge >= 0.3 is 0 Å². The summed E-state index contributed by atoms with van der Waals surface area (Å²) in [4.78, 5) is 31.8. The number of ether oxygens (including phenoxy) is 1. The first kappa shape index (κ1) is 22.5. The van der Waals surface area contributed by atoms with Gasteiger partial charge in [-0.2, -0.15) is 0 Å². The molecule has 6 heteroatoms. The molecule has 0 bridgehead atoms. The lowest BCUT2D eigenvalue weighted by atomic mass is 9.84. The summed E-state index contributed by atoms with van der Waals surface area (Å²) in [6, 6.07) is 9.96. The van der Waals surface area contributed by atoms with Gasteiger partial charge in [-0.05, 0) is 42.2 Å². The third-order valence-corrected chi connectivity index (χ3v) is 5.54. The summed E-state index contributed by atoms with van der Waals surface area (Å²) in [5.41, 5.74) is 1.76. The molecule has 1 saturated heterocycles. The standard InChI is InChI=1S/C25H30N2O4/c1-6-7-14-27-21(18-10-8-9-13-26-18)20(23(29)24(27)30)22(28)16-11-12-19(31-5)17(15-16)25(2,3)4/h8-13,15,21,28H,6-7,14H2,1-5H3/b22-20-. The van der Waals surface area contributed by atoms with Crippen LogP contribution in [0.1, 0.15) is 63.4 Å². The van der Waals surface area contributed by atoms with Gasteiger partial charge in [0.1, 0.15) is 17.6 Å². The normalized spacial score (nSPS) is 18.5. The number of rotatable bonds is 6. The highest BCUT2D eigenvalue weighted by Crippen LogP contribution is 2.40. The molecule has 164 valence electrons. The average molecular weight is 423 g/mol.